The van der Waals surface area contributed by atoms with Crippen molar-refractivity contribution in [1.82, 2.24) is 4.31 Å². The van der Waals surface area contributed by atoms with Gasteiger partial charge in [-0.25, -0.2) is 17.5 Å². The molecule has 0 aromatic heterocycles. The van der Waals surface area contributed by atoms with Crippen LogP contribution in [0.5, 0.6) is 0 Å². The minimum absolute atomic E-state index is 0.239. The molecule has 8 heteroatoms. The van der Waals surface area contributed by atoms with Crippen molar-refractivity contribution in [2.45, 2.75) is 6.92 Å². The fraction of sp³-hybridized carbons (Fsp3) is 0.714. The molecular formula is C7H15N3O4S. The van der Waals surface area contributed by atoms with E-state index < -0.39 is 27.8 Å². The summed E-state index contributed by atoms with van der Waals surface area (Å²) in [4.78, 5) is 10.9. The summed E-state index contributed by atoms with van der Waals surface area (Å²) in [5.41, 5.74) is 5.14. The molecule has 7 nitrogen and oxygen atoms in total. The quantitative estimate of drug-likeness (QED) is 0.509. The van der Waals surface area contributed by atoms with Crippen molar-refractivity contribution >= 4 is 22.0 Å². The Labute approximate surface area is 88.7 Å². The molecule has 0 saturated carbocycles. The third-order valence-corrected chi connectivity index (χ3v) is 3.75. The molecule has 88 valence electrons. The van der Waals surface area contributed by atoms with E-state index in [1.54, 1.807) is 0 Å². The molecule has 0 radical (unpaired) electrons. The van der Waals surface area contributed by atoms with Gasteiger partial charge in [-0.3, -0.25) is 5.41 Å². The Hall–Kier alpha value is -1.31. The molecule has 0 heterocycles. The molecule has 0 aliphatic heterocycles. The Morgan fingerprint density at radius 2 is 2.07 bits per heavy atom. The number of methoxy groups -OCH3 is 1. The van der Waals surface area contributed by atoms with E-state index in [1.165, 1.54) is 6.92 Å². The van der Waals surface area contributed by atoms with Gasteiger partial charge in [0.25, 0.3) is 0 Å². The predicted octanol–water partition coefficient (Wildman–Crippen LogP) is -0.414. The van der Waals surface area contributed by atoms with Crippen LogP contribution in [-0.2, 0) is 14.8 Å². The third-order valence-electron chi connectivity index (χ3n) is 1.84. The van der Waals surface area contributed by atoms with E-state index in [2.05, 4.69) is 4.74 Å². The average molecular weight is 237 g/mol. The van der Waals surface area contributed by atoms with E-state index in [9.17, 15) is 13.2 Å². The minimum Gasteiger partial charge on any atom is -0.452 e. The van der Waals surface area contributed by atoms with E-state index in [-0.39, 0.29) is 5.84 Å². The topological polar surface area (TPSA) is 114 Å². The van der Waals surface area contributed by atoms with Gasteiger partial charge in [0.2, 0.25) is 10.0 Å². The lowest BCUT2D eigenvalue weighted by Crippen LogP contribution is -2.38. The van der Waals surface area contributed by atoms with Gasteiger partial charge in [0.1, 0.15) is 0 Å². The Morgan fingerprint density at radius 3 is 2.40 bits per heavy atom. The van der Waals surface area contributed by atoms with Crippen molar-refractivity contribution in [3.8, 4) is 0 Å². The molecule has 0 saturated heterocycles. The zero-order chi connectivity index (χ0) is 12.2. The maximum Gasteiger partial charge on any atom is 0.422 e. The third kappa shape index (κ3) is 3.74. The van der Waals surface area contributed by atoms with E-state index >= 15 is 0 Å². The van der Waals surface area contributed by atoms with Gasteiger partial charge in [-0.15, -0.1) is 0 Å². The summed E-state index contributed by atoms with van der Waals surface area (Å²) >= 11 is 0. The first-order valence-corrected chi connectivity index (χ1v) is 5.71. The normalized spacial score (nSPS) is 13.0. The molecule has 15 heavy (non-hydrogen) atoms. The second-order valence-corrected chi connectivity index (χ2v) is 5.12. The number of hydrogen-bond acceptors (Lipinski definition) is 5. The molecule has 0 bridgehead atoms. The first kappa shape index (κ1) is 13.7. The number of nitrogens with two attached hydrogens (primary N) is 1. The molecule has 0 rings (SSSR count). The first-order valence-electron chi connectivity index (χ1n) is 4.10. The highest BCUT2D eigenvalue weighted by Crippen LogP contribution is 2.06. The number of rotatable bonds is 4. The van der Waals surface area contributed by atoms with Gasteiger partial charge in [-0.05, 0) is 0 Å². The summed E-state index contributed by atoms with van der Waals surface area (Å²) in [6.07, 6.45) is -0.967. The number of amidine groups is 1. The highest BCUT2D eigenvalue weighted by molar-refractivity contribution is 7.89. The summed E-state index contributed by atoms with van der Waals surface area (Å²) < 4.78 is 27.8. The summed E-state index contributed by atoms with van der Waals surface area (Å²) in [5.74, 6) is -1.27. The number of nitrogens with zero attached hydrogens (tertiary/aromatic N) is 1. The van der Waals surface area contributed by atoms with Gasteiger partial charge in [0.15, 0.2) is 0 Å². The monoisotopic (exact) mass is 237 g/mol. The second-order valence-electron chi connectivity index (χ2n) is 3.07. The first-order chi connectivity index (χ1) is 6.72. The van der Waals surface area contributed by atoms with Crippen molar-refractivity contribution < 1.29 is 17.9 Å². The molecule has 0 aromatic carbocycles. The van der Waals surface area contributed by atoms with Gasteiger partial charge in [0.05, 0.1) is 18.7 Å². The lowest BCUT2D eigenvalue weighted by molar-refractivity contribution is 0.154. The standard InChI is InChI=1S/C7H15N3O4S/c1-5(6(8)9)4-15(12,13)10(2)7(11)14-3/h5H,4H2,1-3H3,(H3,8,9). The molecule has 0 spiro atoms. The van der Waals surface area contributed by atoms with Gasteiger partial charge < -0.3 is 10.5 Å². The number of carbonyl (C=O) groups excluding carboxylic acids is 1. The van der Waals surface area contributed by atoms with Crippen LogP contribution in [0, 0.1) is 11.3 Å². The van der Waals surface area contributed by atoms with E-state index in [0.717, 1.165) is 14.2 Å². The van der Waals surface area contributed by atoms with E-state index in [1.807, 2.05) is 0 Å². The molecule has 3 N–H and O–H groups in total. The second kappa shape index (κ2) is 4.96. The smallest absolute Gasteiger partial charge is 0.422 e. The lowest BCUT2D eigenvalue weighted by Gasteiger charge is -2.18. The Balaban J connectivity index is 4.70. The molecule has 1 atom stereocenters. The number of carbonyl (C=O) groups is 1. The fourth-order valence-corrected chi connectivity index (χ4v) is 2.10. The molecule has 0 fully saturated rings. The SMILES string of the molecule is COC(=O)N(C)S(=O)(=O)CC(C)C(=N)N. The maximum absolute atomic E-state index is 11.5. The Bertz CT molecular complexity index is 351. The maximum atomic E-state index is 11.5. The molecular weight excluding hydrogens is 222 g/mol. The fourth-order valence-electron chi connectivity index (χ4n) is 0.760. The average Bonchev–Trinajstić information content (AvgIpc) is 2.14. The highest BCUT2D eigenvalue weighted by atomic mass is 32.2. The van der Waals surface area contributed by atoms with Crippen LogP contribution in [0.15, 0.2) is 0 Å². The highest BCUT2D eigenvalue weighted by Gasteiger charge is 2.26. The van der Waals surface area contributed by atoms with Crippen molar-refractivity contribution in [1.29, 1.82) is 5.41 Å². The van der Waals surface area contributed by atoms with E-state index in [0.29, 0.717) is 4.31 Å². The van der Waals surface area contributed by atoms with Crippen LogP contribution in [0.3, 0.4) is 0 Å². The zero-order valence-corrected chi connectivity index (χ0v) is 9.67. The summed E-state index contributed by atoms with van der Waals surface area (Å²) in [6, 6.07) is 0. The van der Waals surface area contributed by atoms with Gasteiger partial charge in [-0.1, -0.05) is 6.92 Å². The molecule has 0 aliphatic carbocycles. The van der Waals surface area contributed by atoms with Crippen LogP contribution in [0.2, 0.25) is 0 Å². The van der Waals surface area contributed by atoms with Crippen LogP contribution in [0.25, 0.3) is 0 Å². The summed E-state index contributed by atoms with van der Waals surface area (Å²) in [7, 11) is -1.60. The van der Waals surface area contributed by atoms with Crippen molar-refractivity contribution in [3.63, 3.8) is 0 Å². The molecule has 0 aromatic rings. The number of hydrogen-bond donors (Lipinski definition) is 2. The minimum atomic E-state index is -3.78. The van der Waals surface area contributed by atoms with Crippen molar-refractivity contribution in [3.05, 3.63) is 0 Å². The van der Waals surface area contributed by atoms with Gasteiger partial charge >= 0.3 is 6.09 Å². The number of ether oxygens (including phenoxy) is 1. The number of amides is 1. The number of nitrogens with one attached hydrogen (secondary N) is 1. The number of sulfonamides is 1. The molecule has 0 aliphatic rings. The van der Waals surface area contributed by atoms with Crippen molar-refractivity contribution in [2.24, 2.45) is 11.7 Å². The summed E-state index contributed by atoms with van der Waals surface area (Å²) in [6.45, 7) is 1.49. The Kier molecular flexibility index (Phi) is 4.53. The largest absolute Gasteiger partial charge is 0.452 e. The van der Waals surface area contributed by atoms with Gasteiger partial charge in [-0.2, -0.15) is 0 Å². The van der Waals surface area contributed by atoms with Gasteiger partial charge in [0, 0.05) is 13.0 Å². The predicted molar refractivity (Wildman–Crippen MR) is 55.0 cm³/mol. The van der Waals surface area contributed by atoms with E-state index in [4.69, 9.17) is 11.1 Å². The van der Waals surface area contributed by atoms with Crippen LogP contribution >= 0.6 is 0 Å². The molecule has 1 amide bonds. The zero-order valence-electron chi connectivity index (χ0n) is 8.85. The Morgan fingerprint density at radius 1 is 1.60 bits per heavy atom. The lowest BCUT2D eigenvalue weighted by atomic mass is 10.2. The van der Waals surface area contributed by atoms with Crippen LogP contribution in [-0.4, -0.2) is 44.6 Å². The van der Waals surface area contributed by atoms with Crippen molar-refractivity contribution in [2.75, 3.05) is 19.9 Å². The summed E-state index contributed by atoms with van der Waals surface area (Å²) in [5, 5.41) is 7.05. The van der Waals surface area contributed by atoms with Crippen LogP contribution in [0.4, 0.5) is 4.79 Å². The van der Waals surface area contributed by atoms with Crippen LogP contribution in [0.1, 0.15) is 6.92 Å². The molecule has 1 unspecified atom stereocenters. The van der Waals surface area contributed by atoms with Crippen LogP contribution < -0.4 is 5.73 Å².